The summed E-state index contributed by atoms with van der Waals surface area (Å²) in [4.78, 5) is 16.5. The minimum atomic E-state index is -0.615. The van der Waals surface area contributed by atoms with E-state index in [0.717, 1.165) is 6.54 Å². The van der Waals surface area contributed by atoms with Gasteiger partial charge in [-0.25, -0.2) is 4.39 Å². The molecule has 5 nitrogen and oxygen atoms in total. The first-order valence-corrected chi connectivity index (χ1v) is 8.00. The molecule has 0 spiro atoms. The molecule has 1 fully saturated rings. The summed E-state index contributed by atoms with van der Waals surface area (Å²) >= 11 is 0. The Hall–Kier alpha value is -1.66. The number of hydrogen-bond donors (Lipinski definition) is 1. The lowest BCUT2D eigenvalue weighted by molar-refractivity contribution is -0.141. The quantitative estimate of drug-likeness (QED) is 0.892. The Balaban J connectivity index is 1.89. The summed E-state index contributed by atoms with van der Waals surface area (Å²) in [6.45, 7) is 8.11. The molecule has 0 bridgehead atoms. The predicted octanol–water partition coefficient (Wildman–Crippen LogP) is 1.51. The molecule has 1 amide bonds. The number of rotatable bonds is 5. The molecule has 1 heterocycles. The molecule has 0 aliphatic carbocycles. The Morgan fingerprint density at radius 1 is 1.35 bits per heavy atom. The van der Waals surface area contributed by atoms with Crippen molar-refractivity contribution in [3.63, 3.8) is 0 Å². The zero-order valence-corrected chi connectivity index (χ0v) is 13.9. The van der Waals surface area contributed by atoms with Crippen LogP contribution in [0.1, 0.15) is 20.8 Å². The van der Waals surface area contributed by atoms with Crippen LogP contribution in [0.3, 0.4) is 0 Å². The summed E-state index contributed by atoms with van der Waals surface area (Å²) in [6, 6.07) is 5.85. The van der Waals surface area contributed by atoms with Gasteiger partial charge in [-0.1, -0.05) is 0 Å². The summed E-state index contributed by atoms with van der Waals surface area (Å²) in [7, 11) is 0. The molecule has 0 aromatic heterocycles. The van der Waals surface area contributed by atoms with Crippen LogP contribution in [0.5, 0.6) is 5.75 Å². The maximum Gasteiger partial charge on any atom is 0.263 e. The molecule has 1 N–H and O–H groups in total. The summed E-state index contributed by atoms with van der Waals surface area (Å²) < 4.78 is 18.5. The third-order valence-corrected chi connectivity index (χ3v) is 4.05. The van der Waals surface area contributed by atoms with Crippen LogP contribution in [-0.2, 0) is 4.79 Å². The number of ether oxygens (including phenoxy) is 1. The fourth-order valence-corrected chi connectivity index (χ4v) is 2.83. The first kappa shape index (κ1) is 17.7. The average Bonchev–Trinajstić information content (AvgIpc) is 2.50. The number of amides is 1. The van der Waals surface area contributed by atoms with E-state index in [4.69, 9.17) is 4.74 Å². The lowest BCUT2D eigenvalue weighted by atomic mass is 10.1. The zero-order chi connectivity index (χ0) is 17.0. The molecule has 128 valence electrons. The van der Waals surface area contributed by atoms with Gasteiger partial charge in [-0.2, -0.15) is 0 Å². The Kier molecular flexibility index (Phi) is 5.96. The van der Waals surface area contributed by atoms with E-state index in [2.05, 4.69) is 4.90 Å². The second kappa shape index (κ2) is 7.75. The predicted molar refractivity (Wildman–Crippen MR) is 85.8 cm³/mol. The average molecular weight is 324 g/mol. The van der Waals surface area contributed by atoms with Crippen LogP contribution in [0.25, 0.3) is 0 Å². The Labute approximate surface area is 136 Å². The Morgan fingerprint density at radius 3 is 2.57 bits per heavy atom. The molecule has 0 radical (unpaired) electrons. The van der Waals surface area contributed by atoms with Crippen LogP contribution in [0.4, 0.5) is 4.39 Å². The minimum absolute atomic E-state index is 0.0714. The number of halogens is 1. The molecule has 1 aliphatic heterocycles. The van der Waals surface area contributed by atoms with Gasteiger partial charge in [0.1, 0.15) is 11.6 Å². The topological polar surface area (TPSA) is 53.0 Å². The van der Waals surface area contributed by atoms with Crippen molar-refractivity contribution in [2.45, 2.75) is 39.0 Å². The molecule has 1 saturated heterocycles. The molecule has 6 heteroatoms. The molecular formula is C17H25FN2O3. The SMILES string of the molecule is C[C@H](O)CN1CCN(C(=O)[C@@H](C)Oc2ccc(F)cc2)C[C@H]1C. The van der Waals surface area contributed by atoms with Crippen LogP contribution < -0.4 is 4.74 Å². The number of carbonyl (C=O) groups is 1. The number of piperazine rings is 1. The number of β-amino-alcohol motifs (C(OH)–C–C–N with tert-alkyl or cyclic N) is 1. The highest BCUT2D eigenvalue weighted by molar-refractivity contribution is 5.81. The second-order valence-electron chi connectivity index (χ2n) is 6.19. The molecule has 23 heavy (non-hydrogen) atoms. The highest BCUT2D eigenvalue weighted by Gasteiger charge is 2.30. The first-order chi connectivity index (χ1) is 10.9. The van der Waals surface area contributed by atoms with Gasteiger partial charge in [0.15, 0.2) is 6.10 Å². The van der Waals surface area contributed by atoms with Gasteiger partial charge in [0.25, 0.3) is 5.91 Å². The highest BCUT2D eigenvalue weighted by Crippen LogP contribution is 2.16. The van der Waals surface area contributed by atoms with Crippen LogP contribution in [0, 0.1) is 5.82 Å². The summed E-state index contributed by atoms with van der Waals surface area (Å²) in [5, 5.41) is 9.50. The number of aliphatic hydroxyl groups excluding tert-OH is 1. The fraction of sp³-hybridized carbons (Fsp3) is 0.588. The van der Waals surface area contributed by atoms with E-state index < -0.39 is 6.10 Å². The summed E-state index contributed by atoms with van der Waals surface area (Å²) in [5.41, 5.74) is 0. The van der Waals surface area contributed by atoms with Gasteiger partial charge in [-0.05, 0) is 45.0 Å². The van der Waals surface area contributed by atoms with E-state index in [1.54, 1.807) is 18.7 Å². The number of nitrogens with zero attached hydrogens (tertiary/aromatic N) is 2. The summed E-state index contributed by atoms with van der Waals surface area (Å²) in [6.07, 6.45) is -0.989. The van der Waals surface area contributed by atoms with Crippen molar-refractivity contribution in [2.75, 3.05) is 26.2 Å². The molecule has 1 aromatic carbocycles. The summed E-state index contributed by atoms with van der Waals surface area (Å²) in [5.74, 6) is 0.0744. The Morgan fingerprint density at radius 2 is 2.00 bits per heavy atom. The van der Waals surface area contributed by atoms with Gasteiger partial charge in [0, 0.05) is 32.2 Å². The molecule has 1 aromatic rings. The molecule has 0 unspecified atom stereocenters. The van der Waals surface area contributed by atoms with E-state index in [1.165, 1.54) is 24.3 Å². The van der Waals surface area contributed by atoms with Crippen molar-refractivity contribution in [3.8, 4) is 5.75 Å². The standard InChI is InChI=1S/C17H25FN2O3/c1-12-10-20(9-8-19(12)11-13(2)21)17(22)14(3)23-16-6-4-15(18)5-7-16/h4-7,12-14,21H,8-11H2,1-3H3/t12-,13+,14-/m1/s1. The monoisotopic (exact) mass is 324 g/mol. The maximum atomic E-state index is 12.9. The van der Waals surface area contributed by atoms with E-state index >= 15 is 0 Å². The van der Waals surface area contributed by atoms with Crippen molar-refractivity contribution < 1.29 is 19.0 Å². The van der Waals surface area contributed by atoms with Gasteiger partial charge >= 0.3 is 0 Å². The zero-order valence-electron chi connectivity index (χ0n) is 13.9. The maximum absolute atomic E-state index is 12.9. The van der Waals surface area contributed by atoms with Gasteiger partial charge in [0.05, 0.1) is 6.10 Å². The van der Waals surface area contributed by atoms with Crippen LogP contribution in [0.15, 0.2) is 24.3 Å². The highest BCUT2D eigenvalue weighted by atomic mass is 19.1. The van der Waals surface area contributed by atoms with Crippen molar-refractivity contribution in [1.82, 2.24) is 9.80 Å². The lowest BCUT2D eigenvalue weighted by Crippen LogP contribution is -2.56. The van der Waals surface area contributed by atoms with Gasteiger partial charge in [-0.3, -0.25) is 9.69 Å². The van der Waals surface area contributed by atoms with Crippen molar-refractivity contribution in [2.24, 2.45) is 0 Å². The number of carbonyl (C=O) groups excluding carboxylic acids is 1. The van der Waals surface area contributed by atoms with Gasteiger partial charge in [-0.15, -0.1) is 0 Å². The van der Waals surface area contributed by atoms with Gasteiger partial charge in [0.2, 0.25) is 0 Å². The van der Waals surface area contributed by atoms with Crippen molar-refractivity contribution in [3.05, 3.63) is 30.1 Å². The van der Waals surface area contributed by atoms with Crippen LogP contribution >= 0.6 is 0 Å². The Bertz CT molecular complexity index is 521. The van der Waals surface area contributed by atoms with Gasteiger partial charge < -0.3 is 14.7 Å². The molecule has 1 aliphatic rings. The number of aliphatic hydroxyl groups is 1. The largest absolute Gasteiger partial charge is 0.481 e. The second-order valence-corrected chi connectivity index (χ2v) is 6.19. The van der Waals surface area contributed by atoms with E-state index in [-0.39, 0.29) is 23.9 Å². The fourth-order valence-electron chi connectivity index (χ4n) is 2.83. The van der Waals surface area contributed by atoms with Crippen LogP contribution in [-0.4, -0.2) is 65.2 Å². The minimum Gasteiger partial charge on any atom is -0.481 e. The molecule has 0 saturated carbocycles. The lowest BCUT2D eigenvalue weighted by Gasteiger charge is -2.41. The smallest absolute Gasteiger partial charge is 0.263 e. The molecule has 2 rings (SSSR count). The molecule has 3 atom stereocenters. The van der Waals surface area contributed by atoms with Crippen molar-refractivity contribution in [1.29, 1.82) is 0 Å². The molecular weight excluding hydrogens is 299 g/mol. The van der Waals surface area contributed by atoms with E-state index in [0.29, 0.717) is 25.4 Å². The van der Waals surface area contributed by atoms with E-state index in [9.17, 15) is 14.3 Å². The third kappa shape index (κ3) is 4.91. The first-order valence-electron chi connectivity index (χ1n) is 8.00. The normalized spacial score (nSPS) is 21.8. The number of hydrogen-bond acceptors (Lipinski definition) is 4. The van der Waals surface area contributed by atoms with Crippen molar-refractivity contribution >= 4 is 5.91 Å². The van der Waals surface area contributed by atoms with Crippen LogP contribution in [0.2, 0.25) is 0 Å². The van der Waals surface area contributed by atoms with E-state index in [1.807, 2.05) is 6.92 Å². The third-order valence-electron chi connectivity index (χ3n) is 4.05. The number of benzene rings is 1.